The maximum absolute atomic E-state index is 12.4. The standard InChI is InChI=1S/C18H20BrNO3/c1-12(18(21)20-15-7-5-4-6-14(15)19)10-13-8-9-16(22-2)17(11-13)23-3/h4-9,11-12H,10H2,1-3H3,(H,20,21). The highest BCUT2D eigenvalue weighted by molar-refractivity contribution is 9.10. The topological polar surface area (TPSA) is 47.6 Å². The van der Waals surface area contributed by atoms with Crippen molar-refractivity contribution >= 4 is 27.5 Å². The molecule has 0 saturated carbocycles. The molecule has 1 unspecified atom stereocenters. The Morgan fingerprint density at radius 3 is 2.48 bits per heavy atom. The van der Waals surface area contributed by atoms with E-state index in [0.29, 0.717) is 17.9 Å². The van der Waals surface area contributed by atoms with E-state index >= 15 is 0 Å². The first kappa shape index (κ1) is 17.3. The summed E-state index contributed by atoms with van der Waals surface area (Å²) in [7, 11) is 3.20. The maximum atomic E-state index is 12.4. The Labute approximate surface area is 144 Å². The van der Waals surface area contributed by atoms with Gasteiger partial charge >= 0.3 is 0 Å². The Hall–Kier alpha value is -2.01. The summed E-state index contributed by atoms with van der Waals surface area (Å²) in [6.07, 6.45) is 0.622. The van der Waals surface area contributed by atoms with Crippen molar-refractivity contribution in [2.45, 2.75) is 13.3 Å². The van der Waals surface area contributed by atoms with Gasteiger partial charge in [0.2, 0.25) is 5.91 Å². The molecule has 23 heavy (non-hydrogen) atoms. The summed E-state index contributed by atoms with van der Waals surface area (Å²) in [5.74, 6) is 1.16. The van der Waals surface area contributed by atoms with E-state index in [0.717, 1.165) is 15.7 Å². The molecule has 0 aromatic heterocycles. The number of anilines is 1. The fraction of sp³-hybridized carbons (Fsp3) is 0.278. The highest BCUT2D eigenvalue weighted by Gasteiger charge is 2.16. The van der Waals surface area contributed by atoms with E-state index in [-0.39, 0.29) is 11.8 Å². The van der Waals surface area contributed by atoms with E-state index in [1.54, 1.807) is 14.2 Å². The third kappa shape index (κ3) is 4.48. The molecule has 0 aliphatic rings. The Morgan fingerprint density at radius 1 is 1.13 bits per heavy atom. The molecular weight excluding hydrogens is 358 g/mol. The first-order chi connectivity index (χ1) is 11.0. The third-order valence-corrected chi connectivity index (χ3v) is 4.26. The Balaban J connectivity index is 2.05. The van der Waals surface area contributed by atoms with Crippen molar-refractivity contribution in [3.63, 3.8) is 0 Å². The van der Waals surface area contributed by atoms with Crippen LogP contribution in [-0.2, 0) is 11.2 Å². The molecule has 122 valence electrons. The van der Waals surface area contributed by atoms with E-state index in [9.17, 15) is 4.79 Å². The third-order valence-electron chi connectivity index (χ3n) is 3.57. The number of para-hydroxylation sites is 1. The number of nitrogens with one attached hydrogen (secondary N) is 1. The number of hydrogen-bond acceptors (Lipinski definition) is 3. The first-order valence-corrected chi connectivity index (χ1v) is 8.10. The van der Waals surface area contributed by atoms with Crippen LogP contribution in [0.25, 0.3) is 0 Å². The smallest absolute Gasteiger partial charge is 0.227 e. The van der Waals surface area contributed by atoms with Crippen molar-refractivity contribution in [1.82, 2.24) is 0 Å². The number of benzene rings is 2. The molecule has 2 rings (SSSR count). The second-order valence-corrected chi connectivity index (χ2v) is 6.12. The summed E-state index contributed by atoms with van der Waals surface area (Å²) in [6, 6.07) is 13.3. The summed E-state index contributed by atoms with van der Waals surface area (Å²) in [4.78, 5) is 12.4. The molecular formula is C18H20BrNO3. The van der Waals surface area contributed by atoms with E-state index in [1.165, 1.54) is 0 Å². The average molecular weight is 378 g/mol. The van der Waals surface area contributed by atoms with Crippen molar-refractivity contribution in [3.05, 3.63) is 52.5 Å². The zero-order valence-corrected chi connectivity index (χ0v) is 15.0. The normalized spacial score (nSPS) is 11.7. The summed E-state index contributed by atoms with van der Waals surface area (Å²) in [6.45, 7) is 1.91. The second kappa shape index (κ2) is 8.02. The summed E-state index contributed by atoms with van der Waals surface area (Å²) in [5.41, 5.74) is 1.80. The van der Waals surface area contributed by atoms with E-state index < -0.39 is 0 Å². The van der Waals surface area contributed by atoms with Crippen molar-refractivity contribution in [1.29, 1.82) is 0 Å². The molecule has 0 spiro atoms. The molecule has 2 aromatic rings. The summed E-state index contributed by atoms with van der Waals surface area (Å²) < 4.78 is 11.4. The minimum atomic E-state index is -0.166. The van der Waals surface area contributed by atoms with Crippen LogP contribution in [0, 0.1) is 5.92 Å². The van der Waals surface area contributed by atoms with Gasteiger partial charge in [-0.15, -0.1) is 0 Å². The number of carbonyl (C=O) groups excluding carboxylic acids is 1. The molecule has 4 nitrogen and oxygen atoms in total. The van der Waals surface area contributed by atoms with Gasteiger partial charge < -0.3 is 14.8 Å². The van der Waals surface area contributed by atoms with Crippen molar-refractivity contribution in [3.8, 4) is 11.5 Å². The van der Waals surface area contributed by atoms with Gasteiger partial charge in [-0.05, 0) is 52.2 Å². The van der Waals surface area contributed by atoms with Gasteiger partial charge in [-0.1, -0.05) is 25.1 Å². The molecule has 0 aliphatic heterocycles. The van der Waals surface area contributed by atoms with Gasteiger partial charge in [-0.25, -0.2) is 0 Å². The predicted octanol–water partition coefficient (Wildman–Crippen LogP) is 4.28. The lowest BCUT2D eigenvalue weighted by Gasteiger charge is -2.14. The molecule has 0 heterocycles. The van der Waals surface area contributed by atoms with E-state index in [4.69, 9.17) is 9.47 Å². The number of rotatable bonds is 6. The fourth-order valence-corrected chi connectivity index (χ4v) is 2.66. The van der Waals surface area contributed by atoms with E-state index in [1.807, 2.05) is 49.4 Å². The summed E-state index contributed by atoms with van der Waals surface area (Å²) >= 11 is 3.43. The highest BCUT2D eigenvalue weighted by Crippen LogP contribution is 2.29. The van der Waals surface area contributed by atoms with Crippen molar-refractivity contribution < 1.29 is 14.3 Å². The highest BCUT2D eigenvalue weighted by atomic mass is 79.9. The van der Waals surface area contributed by atoms with Crippen LogP contribution >= 0.6 is 15.9 Å². The molecule has 1 amide bonds. The second-order valence-electron chi connectivity index (χ2n) is 5.26. The van der Waals surface area contributed by atoms with Crippen LogP contribution in [0.1, 0.15) is 12.5 Å². The van der Waals surface area contributed by atoms with Crippen LogP contribution in [0.3, 0.4) is 0 Å². The number of ether oxygens (including phenoxy) is 2. The SMILES string of the molecule is COc1ccc(CC(C)C(=O)Nc2ccccc2Br)cc1OC. The molecule has 0 aliphatic carbocycles. The number of carbonyl (C=O) groups is 1. The lowest BCUT2D eigenvalue weighted by molar-refractivity contribution is -0.119. The van der Waals surface area contributed by atoms with Crippen molar-refractivity contribution in [2.75, 3.05) is 19.5 Å². The molecule has 1 atom stereocenters. The van der Waals surface area contributed by atoms with Gasteiger partial charge in [0, 0.05) is 10.4 Å². The average Bonchev–Trinajstić information content (AvgIpc) is 2.56. The summed E-state index contributed by atoms with van der Waals surface area (Å²) in [5, 5.41) is 2.94. The number of halogens is 1. The van der Waals surface area contributed by atoms with Gasteiger partial charge in [0.25, 0.3) is 0 Å². The lowest BCUT2D eigenvalue weighted by Crippen LogP contribution is -2.22. The molecule has 0 fully saturated rings. The number of hydrogen-bond donors (Lipinski definition) is 1. The maximum Gasteiger partial charge on any atom is 0.227 e. The van der Waals surface area contributed by atoms with Gasteiger partial charge in [-0.3, -0.25) is 4.79 Å². The monoisotopic (exact) mass is 377 g/mol. The zero-order chi connectivity index (χ0) is 16.8. The number of methoxy groups -OCH3 is 2. The van der Waals surface area contributed by atoms with Gasteiger partial charge in [0.1, 0.15) is 0 Å². The van der Waals surface area contributed by atoms with Gasteiger partial charge in [0.15, 0.2) is 11.5 Å². The van der Waals surface area contributed by atoms with E-state index in [2.05, 4.69) is 21.2 Å². The molecule has 0 saturated heterocycles. The lowest BCUT2D eigenvalue weighted by atomic mass is 10.00. The van der Waals surface area contributed by atoms with Crippen LogP contribution in [0.2, 0.25) is 0 Å². The molecule has 5 heteroatoms. The van der Waals surface area contributed by atoms with Crippen molar-refractivity contribution in [2.24, 2.45) is 5.92 Å². The Morgan fingerprint density at radius 2 is 1.83 bits per heavy atom. The first-order valence-electron chi connectivity index (χ1n) is 7.31. The van der Waals surface area contributed by atoms with Gasteiger partial charge in [0.05, 0.1) is 19.9 Å². The quantitative estimate of drug-likeness (QED) is 0.816. The fourth-order valence-electron chi connectivity index (χ4n) is 2.27. The van der Waals surface area contributed by atoms with Crippen LogP contribution in [-0.4, -0.2) is 20.1 Å². The largest absolute Gasteiger partial charge is 0.493 e. The number of amides is 1. The minimum absolute atomic E-state index is 0.0216. The molecule has 0 radical (unpaired) electrons. The van der Waals surface area contributed by atoms with Crippen LogP contribution in [0.4, 0.5) is 5.69 Å². The van der Waals surface area contributed by atoms with Crippen LogP contribution in [0.5, 0.6) is 11.5 Å². The Bertz CT molecular complexity index is 688. The molecule has 2 aromatic carbocycles. The Kier molecular flexibility index (Phi) is 6.04. The predicted molar refractivity (Wildman–Crippen MR) is 95.2 cm³/mol. The zero-order valence-electron chi connectivity index (χ0n) is 13.4. The minimum Gasteiger partial charge on any atom is -0.493 e. The van der Waals surface area contributed by atoms with Crippen LogP contribution < -0.4 is 14.8 Å². The molecule has 1 N–H and O–H groups in total. The molecule has 0 bridgehead atoms. The van der Waals surface area contributed by atoms with Gasteiger partial charge in [-0.2, -0.15) is 0 Å². The van der Waals surface area contributed by atoms with Crippen LogP contribution in [0.15, 0.2) is 46.9 Å².